The summed E-state index contributed by atoms with van der Waals surface area (Å²) in [6.07, 6.45) is 2.35. The predicted molar refractivity (Wildman–Crippen MR) is 114 cm³/mol. The lowest BCUT2D eigenvalue weighted by atomic mass is 9.67. The van der Waals surface area contributed by atoms with Gasteiger partial charge in [0, 0.05) is 24.2 Å². The van der Waals surface area contributed by atoms with Crippen LogP contribution < -0.4 is 9.47 Å². The van der Waals surface area contributed by atoms with Gasteiger partial charge in [0.2, 0.25) is 0 Å². The van der Waals surface area contributed by atoms with Crippen molar-refractivity contribution in [3.63, 3.8) is 0 Å². The number of allylic oxidation sites excluding steroid dienone is 1. The second-order valence-corrected chi connectivity index (χ2v) is 9.32. The maximum Gasteiger partial charge on any atom is 0.338 e. The van der Waals surface area contributed by atoms with Crippen molar-refractivity contribution in [1.82, 2.24) is 0 Å². The zero-order valence-electron chi connectivity index (χ0n) is 18.8. The number of benzene rings is 1. The number of ether oxygens (including phenoxy) is 3. The number of esters is 1. The first-order valence-electron chi connectivity index (χ1n) is 10.6. The van der Waals surface area contributed by atoms with E-state index >= 15 is 0 Å². The summed E-state index contributed by atoms with van der Waals surface area (Å²) in [5.74, 6) is 0.0367. The lowest BCUT2D eigenvalue weighted by Gasteiger charge is -2.43. The summed E-state index contributed by atoms with van der Waals surface area (Å²) < 4.78 is 16.6. The van der Waals surface area contributed by atoms with Crippen molar-refractivity contribution in [3.05, 3.63) is 35.4 Å². The van der Waals surface area contributed by atoms with E-state index in [1.165, 1.54) is 14.2 Å². The average molecular weight is 419 g/mol. The fourth-order valence-corrected chi connectivity index (χ4v) is 5.24. The molecule has 6 nitrogen and oxygen atoms in total. The number of methoxy groups -OCH3 is 2. The van der Waals surface area contributed by atoms with Gasteiger partial charge in [0.25, 0.3) is 0 Å². The highest BCUT2D eigenvalue weighted by Gasteiger charge is 2.63. The average Bonchev–Trinajstić information content (AvgIpc) is 2.82. The van der Waals surface area contributed by atoms with E-state index in [-0.39, 0.29) is 18.3 Å². The van der Waals surface area contributed by atoms with Crippen LogP contribution >= 0.6 is 0 Å². The van der Waals surface area contributed by atoms with E-state index in [2.05, 4.69) is 6.08 Å². The van der Waals surface area contributed by atoms with E-state index in [0.717, 1.165) is 5.57 Å². The first-order valence-corrected chi connectivity index (χ1v) is 10.6. The molecule has 1 aromatic carbocycles. The van der Waals surface area contributed by atoms with Gasteiger partial charge in [-0.25, -0.2) is 4.79 Å². The van der Waals surface area contributed by atoms with E-state index in [1.54, 1.807) is 18.2 Å². The number of aliphatic hydroxyl groups is 2. The monoisotopic (exact) mass is 418 g/mol. The maximum absolute atomic E-state index is 13.1. The second-order valence-electron chi connectivity index (χ2n) is 9.32. The molecule has 0 radical (unpaired) electrons. The zero-order chi connectivity index (χ0) is 22.3. The van der Waals surface area contributed by atoms with Crippen LogP contribution in [0.3, 0.4) is 0 Å². The Bertz CT molecular complexity index is 831. The first-order chi connectivity index (χ1) is 14.1. The van der Waals surface area contributed by atoms with Gasteiger partial charge in [-0.1, -0.05) is 32.4 Å². The number of rotatable bonds is 5. The van der Waals surface area contributed by atoms with Gasteiger partial charge in [0.05, 0.1) is 31.5 Å². The molecule has 30 heavy (non-hydrogen) atoms. The van der Waals surface area contributed by atoms with Crippen molar-refractivity contribution in [2.24, 2.45) is 17.3 Å². The van der Waals surface area contributed by atoms with Gasteiger partial charge in [-0.3, -0.25) is 0 Å². The lowest BCUT2D eigenvalue weighted by molar-refractivity contribution is -0.113. The molecule has 0 heterocycles. The van der Waals surface area contributed by atoms with Crippen LogP contribution in [0.4, 0.5) is 0 Å². The Hall–Kier alpha value is -2.05. The Balaban J connectivity index is 1.96. The molecule has 0 spiro atoms. The molecule has 0 aliphatic heterocycles. The molecular weight excluding hydrogens is 384 g/mol. The largest absolute Gasteiger partial charge is 0.493 e. The molecule has 2 N–H and O–H groups in total. The van der Waals surface area contributed by atoms with Crippen LogP contribution in [0.1, 0.15) is 57.3 Å². The van der Waals surface area contributed by atoms with E-state index in [4.69, 9.17) is 14.2 Å². The quantitative estimate of drug-likeness (QED) is 0.560. The highest BCUT2D eigenvalue weighted by Crippen LogP contribution is 2.58. The predicted octanol–water partition coefficient (Wildman–Crippen LogP) is 3.74. The van der Waals surface area contributed by atoms with Crippen molar-refractivity contribution in [2.45, 2.75) is 64.8 Å². The zero-order valence-corrected chi connectivity index (χ0v) is 18.8. The number of hydrogen-bond donors (Lipinski definition) is 2. The highest BCUT2D eigenvalue weighted by molar-refractivity contribution is 5.90. The molecular formula is C24H34O6. The van der Waals surface area contributed by atoms with Crippen LogP contribution in [0.25, 0.3) is 0 Å². The molecule has 166 valence electrons. The van der Waals surface area contributed by atoms with Gasteiger partial charge in [-0.05, 0) is 37.5 Å². The van der Waals surface area contributed by atoms with E-state index < -0.39 is 29.2 Å². The molecule has 3 rings (SSSR count). The molecule has 0 bridgehead atoms. The Labute approximate surface area is 178 Å². The third-order valence-electron chi connectivity index (χ3n) is 7.19. The van der Waals surface area contributed by atoms with Crippen molar-refractivity contribution in [2.75, 3.05) is 14.2 Å². The van der Waals surface area contributed by atoms with Crippen LogP contribution in [0.2, 0.25) is 0 Å². The lowest BCUT2D eigenvalue weighted by Crippen LogP contribution is -2.50. The van der Waals surface area contributed by atoms with Crippen molar-refractivity contribution in [1.29, 1.82) is 0 Å². The van der Waals surface area contributed by atoms with E-state index in [9.17, 15) is 15.0 Å². The highest BCUT2D eigenvalue weighted by atomic mass is 16.5. The Morgan fingerprint density at radius 2 is 1.87 bits per heavy atom. The summed E-state index contributed by atoms with van der Waals surface area (Å²) in [5, 5.41) is 22.5. The Morgan fingerprint density at radius 3 is 2.47 bits per heavy atom. The maximum atomic E-state index is 13.1. The fourth-order valence-electron chi connectivity index (χ4n) is 5.24. The third kappa shape index (κ3) is 3.71. The molecule has 0 aromatic heterocycles. The normalized spacial score (nSPS) is 33.5. The molecule has 5 atom stereocenters. The van der Waals surface area contributed by atoms with Crippen LogP contribution in [-0.4, -0.2) is 48.2 Å². The molecule has 1 fully saturated rings. The summed E-state index contributed by atoms with van der Waals surface area (Å²) in [6, 6.07) is 4.90. The molecule has 1 saturated carbocycles. The van der Waals surface area contributed by atoms with Crippen LogP contribution in [0, 0.1) is 17.3 Å². The summed E-state index contributed by atoms with van der Waals surface area (Å²) in [4.78, 5) is 13.1. The second kappa shape index (κ2) is 8.23. The van der Waals surface area contributed by atoms with Crippen LogP contribution in [0.15, 0.2) is 29.8 Å². The van der Waals surface area contributed by atoms with Crippen molar-refractivity contribution < 1.29 is 29.2 Å². The SMILES string of the molecule is COc1ccc(C(=O)O[C@H]2CC(C)=CC[C@]3(C)[C@@H]2[C@](O)(C(C)C)C[C@@H]3O)cc1OC. The number of carbonyl (C=O) groups is 1. The van der Waals surface area contributed by atoms with Crippen molar-refractivity contribution in [3.8, 4) is 11.5 Å². The summed E-state index contributed by atoms with van der Waals surface area (Å²) in [7, 11) is 3.05. The minimum absolute atomic E-state index is 0.0836. The first kappa shape index (κ1) is 22.6. The molecule has 2 aliphatic rings. The van der Waals surface area contributed by atoms with E-state index in [1.807, 2.05) is 27.7 Å². The molecule has 0 amide bonds. The van der Waals surface area contributed by atoms with Gasteiger partial charge < -0.3 is 24.4 Å². The van der Waals surface area contributed by atoms with Crippen LogP contribution in [0.5, 0.6) is 11.5 Å². The van der Waals surface area contributed by atoms with Crippen molar-refractivity contribution >= 4 is 5.97 Å². The van der Waals surface area contributed by atoms with Gasteiger partial charge in [-0.15, -0.1) is 0 Å². The third-order valence-corrected chi connectivity index (χ3v) is 7.19. The summed E-state index contributed by atoms with van der Waals surface area (Å²) in [6.45, 7) is 7.91. The number of aliphatic hydroxyl groups excluding tert-OH is 1. The minimum atomic E-state index is -1.12. The number of fused-ring (bicyclic) bond motifs is 1. The Kier molecular flexibility index (Phi) is 6.21. The number of carbonyl (C=O) groups excluding carboxylic acids is 1. The number of hydrogen-bond acceptors (Lipinski definition) is 6. The molecule has 6 heteroatoms. The molecule has 2 aliphatic carbocycles. The molecule has 0 unspecified atom stereocenters. The smallest absolute Gasteiger partial charge is 0.338 e. The summed E-state index contributed by atoms with van der Waals surface area (Å²) >= 11 is 0. The Morgan fingerprint density at radius 1 is 1.20 bits per heavy atom. The topological polar surface area (TPSA) is 85.2 Å². The van der Waals surface area contributed by atoms with Gasteiger partial charge in [-0.2, -0.15) is 0 Å². The molecule has 1 aromatic rings. The molecule has 0 saturated heterocycles. The minimum Gasteiger partial charge on any atom is -0.493 e. The van der Waals surface area contributed by atoms with Gasteiger partial charge in [0.1, 0.15) is 6.10 Å². The van der Waals surface area contributed by atoms with E-state index in [0.29, 0.717) is 29.9 Å². The standard InChI is InChI=1S/C24H34O6/c1-14(2)24(27)13-20(25)23(4)10-9-15(3)11-19(21(23)24)30-22(26)16-7-8-17(28-5)18(12-16)29-6/h7-9,12,14,19-21,25,27H,10-11,13H2,1-6H3/t19-,20-,21+,23-,24+/m0/s1. The van der Waals surface area contributed by atoms with Gasteiger partial charge in [0.15, 0.2) is 11.5 Å². The van der Waals surface area contributed by atoms with Crippen LogP contribution in [-0.2, 0) is 4.74 Å². The fraction of sp³-hybridized carbons (Fsp3) is 0.625. The summed E-state index contributed by atoms with van der Waals surface area (Å²) in [5.41, 5.74) is -0.241. The van der Waals surface area contributed by atoms with Gasteiger partial charge >= 0.3 is 5.97 Å².